The van der Waals surface area contributed by atoms with E-state index in [0.717, 1.165) is 24.8 Å². The second-order valence-electron chi connectivity index (χ2n) is 7.23. The van der Waals surface area contributed by atoms with Crippen LogP contribution in [0.2, 0.25) is 5.02 Å². The summed E-state index contributed by atoms with van der Waals surface area (Å²) in [6.07, 6.45) is 2.57. The number of carbonyl (C=O) groups is 1. The summed E-state index contributed by atoms with van der Waals surface area (Å²) in [6.45, 7) is 0.704. The van der Waals surface area contributed by atoms with E-state index in [2.05, 4.69) is 12.1 Å². The van der Waals surface area contributed by atoms with E-state index in [1.807, 2.05) is 47.4 Å². The van der Waals surface area contributed by atoms with E-state index in [1.165, 1.54) is 5.56 Å². The first-order valence-electron chi connectivity index (χ1n) is 8.87. The maximum absolute atomic E-state index is 13.3. The number of hydrogen-bond donors (Lipinski definition) is 1. The molecular weight excluding hydrogens is 334 g/mol. The number of carbonyl (C=O) groups excluding carboxylic acids is 1. The van der Waals surface area contributed by atoms with Crippen LogP contribution in [0.1, 0.15) is 36.3 Å². The molecule has 2 atom stereocenters. The van der Waals surface area contributed by atoms with Crippen LogP contribution in [0.4, 0.5) is 0 Å². The predicted octanol–water partition coefficient (Wildman–Crippen LogP) is 3.75. The first-order valence-corrected chi connectivity index (χ1v) is 9.25. The minimum Gasteiger partial charge on any atom is -0.394 e. The molecule has 1 saturated carbocycles. The molecule has 2 fully saturated rings. The third-order valence-electron chi connectivity index (χ3n) is 5.71. The van der Waals surface area contributed by atoms with Crippen molar-refractivity contribution in [3.8, 4) is 0 Å². The number of hydrogen-bond acceptors (Lipinski definition) is 2. The van der Waals surface area contributed by atoms with Crippen LogP contribution in [-0.2, 0) is 10.2 Å². The van der Waals surface area contributed by atoms with Crippen LogP contribution in [0.15, 0.2) is 54.6 Å². The van der Waals surface area contributed by atoms with Gasteiger partial charge in [-0.3, -0.25) is 4.79 Å². The molecule has 1 heterocycles. The Morgan fingerprint density at radius 1 is 1.12 bits per heavy atom. The van der Waals surface area contributed by atoms with E-state index in [1.54, 1.807) is 0 Å². The SMILES string of the molecule is O=C(N1CC(c2ccccc2)CC1CO)C1(c2ccc(Cl)cc2)CC1. The normalized spacial score (nSPS) is 24.3. The fourth-order valence-corrected chi connectivity index (χ4v) is 4.23. The van der Waals surface area contributed by atoms with Gasteiger partial charge in [0.15, 0.2) is 0 Å². The molecule has 0 aromatic heterocycles. The Morgan fingerprint density at radius 3 is 2.40 bits per heavy atom. The van der Waals surface area contributed by atoms with Crippen molar-refractivity contribution >= 4 is 17.5 Å². The minimum absolute atomic E-state index is 0.0196. The van der Waals surface area contributed by atoms with Gasteiger partial charge in [0.2, 0.25) is 5.91 Å². The van der Waals surface area contributed by atoms with E-state index in [4.69, 9.17) is 11.6 Å². The molecule has 2 aromatic carbocycles. The molecule has 25 heavy (non-hydrogen) atoms. The van der Waals surface area contributed by atoms with Crippen molar-refractivity contribution < 1.29 is 9.90 Å². The molecule has 0 spiro atoms. The number of halogens is 1. The van der Waals surface area contributed by atoms with Crippen molar-refractivity contribution in [3.63, 3.8) is 0 Å². The van der Waals surface area contributed by atoms with Gasteiger partial charge in [0.05, 0.1) is 18.1 Å². The molecule has 2 aromatic rings. The Kier molecular flexibility index (Phi) is 4.30. The lowest BCUT2D eigenvalue weighted by Gasteiger charge is -2.28. The summed E-state index contributed by atoms with van der Waals surface area (Å²) in [4.78, 5) is 15.3. The highest BCUT2D eigenvalue weighted by Crippen LogP contribution is 2.51. The van der Waals surface area contributed by atoms with Gasteiger partial charge in [-0.15, -0.1) is 0 Å². The average molecular weight is 356 g/mol. The van der Waals surface area contributed by atoms with Gasteiger partial charge in [0.1, 0.15) is 0 Å². The first-order chi connectivity index (χ1) is 12.1. The van der Waals surface area contributed by atoms with Crippen molar-refractivity contribution in [1.82, 2.24) is 4.90 Å². The van der Waals surface area contributed by atoms with Crippen molar-refractivity contribution in [2.45, 2.75) is 36.6 Å². The summed E-state index contributed by atoms with van der Waals surface area (Å²) >= 11 is 5.99. The number of benzene rings is 2. The van der Waals surface area contributed by atoms with E-state index < -0.39 is 5.41 Å². The van der Waals surface area contributed by atoms with Crippen molar-refractivity contribution in [2.24, 2.45) is 0 Å². The summed E-state index contributed by atoms with van der Waals surface area (Å²) in [5.41, 5.74) is 1.87. The Morgan fingerprint density at radius 2 is 1.80 bits per heavy atom. The molecule has 130 valence electrons. The largest absolute Gasteiger partial charge is 0.394 e. The summed E-state index contributed by atoms with van der Waals surface area (Å²) < 4.78 is 0. The number of aliphatic hydroxyl groups excluding tert-OH is 1. The molecule has 4 heteroatoms. The second-order valence-corrected chi connectivity index (χ2v) is 7.66. The molecule has 1 saturated heterocycles. The highest BCUT2D eigenvalue weighted by atomic mass is 35.5. The quantitative estimate of drug-likeness (QED) is 0.907. The summed E-state index contributed by atoms with van der Waals surface area (Å²) in [5.74, 6) is 0.454. The molecule has 1 aliphatic heterocycles. The van der Waals surface area contributed by atoms with Gasteiger partial charge in [-0.05, 0) is 42.5 Å². The second kappa shape index (κ2) is 6.47. The molecule has 3 nitrogen and oxygen atoms in total. The minimum atomic E-state index is -0.413. The highest BCUT2D eigenvalue weighted by Gasteiger charge is 2.55. The summed E-state index contributed by atoms with van der Waals surface area (Å²) in [6, 6.07) is 17.8. The van der Waals surface area contributed by atoms with Gasteiger partial charge < -0.3 is 10.0 Å². The molecule has 1 N–H and O–H groups in total. The topological polar surface area (TPSA) is 40.5 Å². The van der Waals surface area contributed by atoms with E-state index >= 15 is 0 Å². The number of nitrogens with zero attached hydrogens (tertiary/aromatic N) is 1. The Bertz CT molecular complexity index is 755. The van der Waals surface area contributed by atoms with Gasteiger partial charge in [0, 0.05) is 17.5 Å². The monoisotopic (exact) mass is 355 g/mol. The maximum atomic E-state index is 13.3. The van der Waals surface area contributed by atoms with E-state index in [9.17, 15) is 9.90 Å². The van der Waals surface area contributed by atoms with Gasteiger partial charge in [-0.25, -0.2) is 0 Å². The van der Waals surface area contributed by atoms with Crippen molar-refractivity contribution in [3.05, 3.63) is 70.7 Å². The molecule has 4 rings (SSSR count). The molecule has 1 aliphatic carbocycles. The van der Waals surface area contributed by atoms with Crippen LogP contribution < -0.4 is 0 Å². The summed E-state index contributed by atoms with van der Waals surface area (Å²) in [5, 5.41) is 10.5. The average Bonchev–Trinajstić information content (AvgIpc) is 3.35. The summed E-state index contributed by atoms with van der Waals surface area (Å²) in [7, 11) is 0. The zero-order valence-corrected chi connectivity index (χ0v) is 14.8. The Hall–Kier alpha value is -1.84. The Labute approximate surface area is 153 Å². The third-order valence-corrected chi connectivity index (χ3v) is 5.97. The van der Waals surface area contributed by atoms with Crippen LogP contribution >= 0.6 is 11.6 Å². The predicted molar refractivity (Wildman–Crippen MR) is 98.8 cm³/mol. The number of likely N-dealkylation sites (tertiary alicyclic amines) is 1. The van der Waals surface area contributed by atoms with Crippen molar-refractivity contribution in [1.29, 1.82) is 0 Å². The van der Waals surface area contributed by atoms with Crippen LogP contribution in [0.3, 0.4) is 0 Å². The van der Waals surface area contributed by atoms with Gasteiger partial charge in [-0.2, -0.15) is 0 Å². The highest BCUT2D eigenvalue weighted by molar-refractivity contribution is 6.30. The first kappa shape index (κ1) is 16.6. The lowest BCUT2D eigenvalue weighted by molar-refractivity contribution is -0.135. The standard InChI is InChI=1S/C21H22ClNO2/c22-18-8-6-17(7-9-18)21(10-11-21)20(25)23-13-16(12-19(23)14-24)15-4-2-1-3-5-15/h1-9,16,19,24H,10-14H2. The van der Waals surface area contributed by atoms with Gasteiger partial charge in [-0.1, -0.05) is 54.1 Å². The number of rotatable bonds is 4. The number of aliphatic hydroxyl groups is 1. The smallest absolute Gasteiger partial charge is 0.233 e. The third kappa shape index (κ3) is 2.96. The number of amides is 1. The van der Waals surface area contributed by atoms with Crippen LogP contribution in [0.25, 0.3) is 0 Å². The molecule has 2 unspecified atom stereocenters. The maximum Gasteiger partial charge on any atom is 0.233 e. The van der Waals surface area contributed by atoms with Crippen LogP contribution in [0, 0.1) is 0 Å². The van der Waals surface area contributed by atoms with Crippen LogP contribution in [-0.4, -0.2) is 35.1 Å². The van der Waals surface area contributed by atoms with E-state index in [-0.39, 0.29) is 18.6 Å². The van der Waals surface area contributed by atoms with Gasteiger partial charge in [0.25, 0.3) is 0 Å². The molecular formula is C21H22ClNO2. The fraction of sp³-hybridized carbons (Fsp3) is 0.381. The molecule has 2 aliphatic rings. The van der Waals surface area contributed by atoms with E-state index in [0.29, 0.717) is 17.5 Å². The van der Waals surface area contributed by atoms with Crippen LogP contribution in [0.5, 0.6) is 0 Å². The zero-order chi connectivity index (χ0) is 17.4. The Balaban J connectivity index is 1.58. The fourth-order valence-electron chi connectivity index (χ4n) is 4.10. The molecule has 0 radical (unpaired) electrons. The zero-order valence-electron chi connectivity index (χ0n) is 14.1. The van der Waals surface area contributed by atoms with Gasteiger partial charge >= 0.3 is 0 Å². The lowest BCUT2D eigenvalue weighted by Crippen LogP contribution is -2.43. The molecule has 0 bridgehead atoms. The lowest BCUT2D eigenvalue weighted by atomic mass is 9.94. The van der Waals surface area contributed by atoms with Crippen molar-refractivity contribution in [2.75, 3.05) is 13.2 Å². The molecule has 1 amide bonds.